The molecule has 0 unspecified atom stereocenters. The van der Waals surface area contributed by atoms with Crippen molar-refractivity contribution in [3.05, 3.63) is 0 Å². The summed E-state index contributed by atoms with van der Waals surface area (Å²) in [6.07, 6.45) is 0.702. The number of ether oxygens (including phenoxy) is 1. The van der Waals surface area contributed by atoms with Crippen LogP contribution in [0.3, 0.4) is 0 Å². The molecule has 0 bridgehead atoms. The van der Waals surface area contributed by atoms with Crippen LogP contribution in [0.15, 0.2) is 0 Å². The van der Waals surface area contributed by atoms with Crippen LogP contribution in [0.5, 0.6) is 0 Å². The minimum Gasteiger partial charge on any atom is -0.465 e. The third kappa shape index (κ3) is 2.60. The molecule has 0 N–H and O–H groups in total. The van der Waals surface area contributed by atoms with Crippen LogP contribution in [0.2, 0.25) is 0 Å². The lowest BCUT2D eigenvalue weighted by Gasteiger charge is -2.18. The van der Waals surface area contributed by atoms with Gasteiger partial charge in [-0.1, -0.05) is 6.92 Å². The topological polar surface area (TPSA) is 84.2 Å². The normalized spacial score (nSPS) is 28.6. The molecule has 0 radical (unpaired) electrons. The fraction of sp³-hybridized carbons (Fsp3) is 0.818. The molecule has 96 valence electrons. The van der Waals surface area contributed by atoms with Gasteiger partial charge >= 0.3 is 5.97 Å². The molecule has 1 aliphatic carbocycles. The molecule has 17 heavy (non-hydrogen) atoms. The van der Waals surface area contributed by atoms with Crippen molar-refractivity contribution in [3.63, 3.8) is 0 Å². The number of carbonyl (C=O) groups is 1. The SMILES string of the molecule is CCOC(=O)[C@@]1(C#N)CC[C@H](S(=O)(=O)CC)C1. The fourth-order valence-electron chi connectivity index (χ4n) is 2.14. The summed E-state index contributed by atoms with van der Waals surface area (Å²) in [4.78, 5) is 11.7. The predicted octanol–water partition coefficient (Wildman–Crippen LogP) is 1.05. The summed E-state index contributed by atoms with van der Waals surface area (Å²) >= 11 is 0. The van der Waals surface area contributed by atoms with E-state index in [0.29, 0.717) is 6.42 Å². The number of hydrogen-bond donors (Lipinski definition) is 0. The van der Waals surface area contributed by atoms with Gasteiger partial charge in [-0.05, 0) is 26.2 Å². The highest BCUT2D eigenvalue weighted by atomic mass is 32.2. The van der Waals surface area contributed by atoms with Gasteiger partial charge in [0.15, 0.2) is 15.3 Å². The molecule has 1 fully saturated rings. The van der Waals surface area contributed by atoms with Crippen molar-refractivity contribution in [2.45, 2.75) is 38.4 Å². The number of rotatable bonds is 4. The highest BCUT2D eigenvalue weighted by Gasteiger charge is 2.50. The second-order valence-corrected chi connectivity index (χ2v) is 6.80. The molecule has 1 rings (SSSR count). The van der Waals surface area contributed by atoms with E-state index in [2.05, 4.69) is 0 Å². The van der Waals surface area contributed by atoms with E-state index in [0.717, 1.165) is 0 Å². The molecule has 0 spiro atoms. The fourth-order valence-corrected chi connectivity index (χ4v) is 3.63. The standard InChI is InChI=1S/C11H17NO4S/c1-3-16-10(13)11(8-12)6-5-9(7-11)17(14,15)4-2/h9H,3-7H2,1-2H3/t9-,11-/m0/s1. The maximum Gasteiger partial charge on any atom is 0.326 e. The first-order valence-electron chi connectivity index (χ1n) is 5.72. The first-order valence-corrected chi connectivity index (χ1v) is 7.43. The zero-order valence-electron chi connectivity index (χ0n) is 10.1. The van der Waals surface area contributed by atoms with Crippen LogP contribution in [0, 0.1) is 16.7 Å². The van der Waals surface area contributed by atoms with Gasteiger partial charge in [-0.25, -0.2) is 8.42 Å². The molecule has 0 aliphatic heterocycles. The summed E-state index contributed by atoms with van der Waals surface area (Å²) in [6.45, 7) is 3.44. The zero-order valence-corrected chi connectivity index (χ0v) is 10.9. The van der Waals surface area contributed by atoms with Crippen LogP contribution < -0.4 is 0 Å². The molecule has 0 aromatic carbocycles. The van der Waals surface area contributed by atoms with E-state index in [1.165, 1.54) is 0 Å². The van der Waals surface area contributed by atoms with Crippen LogP contribution in [0.25, 0.3) is 0 Å². The van der Waals surface area contributed by atoms with Gasteiger partial charge in [-0.3, -0.25) is 4.79 Å². The van der Waals surface area contributed by atoms with Gasteiger partial charge < -0.3 is 4.74 Å². The molecular weight excluding hydrogens is 242 g/mol. The highest BCUT2D eigenvalue weighted by molar-refractivity contribution is 7.92. The summed E-state index contributed by atoms with van der Waals surface area (Å²) in [5.74, 6) is -0.543. The van der Waals surface area contributed by atoms with E-state index in [-0.39, 0.29) is 25.2 Å². The van der Waals surface area contributed by atoms with E-state index in [1.807, 2.05) is 6.07 Å². The number of nitrogens with zero attached hydrogens (tertiary/aromatic N) is 1. The molecular formula is C11H17NO4S. The van der Waals surface area contributed by atoms with Gasteiger partial charge in [-0.2, -0.15) is 5.26 Å². The zero-order chi connectivity index (χ0) is 13.1. The van der Waals surface area contributed by atoms with E-state index >= 15 is 0 Å². The second kappa shape index (κ2) is 5.05. The Morgan fingerprint density at radius 3 is 2.65 bits per heavy atom. The Hall–Kier alpha value is -1.09. The van der Waals surface area contributed by atoms with Gasteiger partial charge in [0, 0.05) is 5.75 Å². The van der Waals surface area contributed by atoms with E-state index in [1.54, 1.807) is 13.8 Å². The Bertz CT molecular complexity index is 437. The Balaban J connectivity index is 2.89. The lowest BCUT2D eigenvalue weighted by molar-refractivity contribution is -0.151. The van der Waals surface area contributed by atoms with Gasteiger partial charge in [-0.15, -0.1) is 0 Å². The Kier molecular flexibility index (Phi) is 4.15. The van der Waals surface area contributed by atoms with Crippen molar-refractivity contribution in [2.24, 2.45) is 5.41 Å². The van der Waals surface area contributed by atoms with Crippen molar-refractivity contribution >= 4 is 15.8 Å². The molecule has 5 nitrogen and oxygen atoms in total. The third-order valence-electron chi connectivity index (χ3n) is 3.26. The monoisotopic (exact) mass is 259 g/mol. The Morgan fingerprint density at radius 2 is 2.18 bits per heavy atom. The molecule has 0 amide bonds. The number of carbonyl (C=O) groups excluding carboxylic acids is 1. The lowest BCUT2D eigenvalue weighted by Crippen LogP contribution is -2.31. The predicted molar refractivity (Wildman–Crippen MR) is 61.8 cm³/mol. The first-order chi connectivity index (χ1) is 7.91. The largest absolute Gasteiger partial charge is 0.465 e. The van der Waals surface area contributed by atoms with Crippen LogP contribution >= 0.6 is 0 Å². The summed E-state index contributed by atoms with van der Waals surface area (Å²) in [5.41, 5.74) is -1.26. The van der Waals surface area contributed by atoms with Crippen LogP contribution in [-0.4, -0.2) is 32.0 Å². The first kappa shape index (κ1) is 14.0. The molecule has 0 aromatic heterocycles. The van der Waals surface area contributed by atoms with Gasteiger partial charge in [0.1, 0.15) is 0 Å². The van der Waals surface area contributed by atoms with Crippen LogP contribution in [-0.2, 0) is 19.4 Å². The average molecular weight is 259 g/mol. The second-order valence-electron chi connectivity index (χ2n) is 4.23. The van der Waals surface area contributed by atoms with Gasteiger partial charge in [0.25, 0.3) is 0 Å². The summed E-state index contributed by atoms with van der Waals surface area (Å²) in [7, 11) is -3.19. The summed E-state index contributed by atoms with van der Waals surface area (Å²) in [5, 5.41) is 8.54. The van der Waals surface area contributed by atoms with Crippen molar-refractivity contribution in [3.8, 4) is 6.07 Å². The Labute approximate surface area is 102 Å². The highest BCUT2D eigenvalue weighted by Crippen LogP contribution is 2.41. The van der Waals surface area contributed by atoms with E-state index in [9.17, 15) is 13.2 Å². The van der Waals surface area contributed by atoms with Gasteiger partial charge in [0.2, 0.25) is 0 Å². The van der Waals surface area contributed by atoms with E-state index < -0.39 is 26.5 Å². The maximum absolute atomic E-state index is 11.7. The number of esters is 1. The molecule has 1 aliphatic rings. The number of hydrogen-bond acceptors (Lipinski definition) is 5. The summed E-state index contributed by atoms with van der Waals surface area (Å²) in [6, 6.07) is 1.95. The van der Waals surface area contributed by atoms with E-state index in [4.69, 9.17) is 10.00 Å². The quantitative estimate of drug-likeness (QED) is 0.704. The molecule has 1 saturated carbocycles. The Morgan fingerprint density at radius 1 is 1.53 bits per heavy atom. The number of sulfone groups is 1. The summed E-state index contributed by atoms with van der Waals surface area (Å²) < 4.78 is 28.3. The number of nitriles is 1. The minimum absolute atomic E-state index is 0.0437. The third-order valence-corrected chi connectivity index (χ3v) is 5.48. The molecule has 0 heterocycles. The maximum atomic E-state index is 11.7. The molecule has 2 atom stereocenters. The minimum atomic E-state index is -3.19. The molecule has 6 heteroatoms. The van der Waals surface area contributed by atoms with Crippen molar-refractivity contribution in [2.75, 3.05) is 12.4 Å². The van der Waals surface area contributed by atoms with Crippen LogP contribution in [0.4, 0.5) is 0 Å². The van der Waals surface area contributed by atoms with Crippen molar-refractivity contribution < 1.29 is 17.9 Å². The average Bonchev–Trinajstić information content (AvgIpc) is 2.75. The van der Waals surface area contributed by atoms with Crippen LogP contribution in [0.1, 0.15) is 33.1 Å². The lowest BCUT2D eigenvalue weighted by atomic mass is 9.88. The van der Waals surface area contributed by atoms with Crippen molar-refractivity contribution in [1.82, 2.24) is 0 Å². The smallest absolute Gasteiger partial charge is 0.326 e. The van der Waals surface area contributed by atoms with Crippen molar-refractivity contribution in [1.29, 1.82) is 5.26 Å². The molecule has 0 aromatic rings. The van der Waals surface area contributed by atoms with Gasteiger partial charge in [0.05, 0.1) is 17.9 Å². The molecule has 0 saturated heterocycles.